The van der Waals surface area contributed by atoms with Crippen molar-refractivity contribution in [3.8, 4) is 5.88 Å². The highest BCUT2D eigenvalue weighted by Crippen LogP contribution is 2.24. The van der Waals surface area contributed by atoms with Crippen LogP contribution in [0.1, 0.15) is 11.1 Å². The van der Waals surface area contributed by atoms with Crippen LogP contribution in [0, 0.1) is 6.92 Å². The van der Waals surface area contributed by atoms with E-state index in [9.17, 15) is 0 Å². The summed E-state index contributed by atoms with van der Waals surface area (Å²) < 4.78 is 5.04. The predicted molar refractivity (Wildman–Crippen MR) is 69.3 cm³/mol. The first-order valence-corrected chi connectivity index (χ1v) is 5.50. The molecule has 6 heteroatoms. The smallest absolute Gasteiger partial charge is 0.242 e. The van der Waals surface area contributed by atoms with Crippen molar-refractivity contribution in [3.05, 3.63) is 35.9 Å². The van der Waals surface area contributed by atoms with E-state index in [1.54, 1.807) is 6.20 Å². The van der Waals surface area contributed by atoms with Gasteiger partial charge in [0.2, 0.25) is 5.88 Å². The standard InChI is InChI=1S/C12H15N5O/c1-8-5-14-4-3-9(8)6-15-11-10(13)12(18-2)17-7-16-11/h3-5,7H,6,13H2,1-2H3,(H,15,16,17). The van der Waals surface area contributed by atoms with E-state index >= 15 is 0 Å². The van der Waals surface area contributed by atoms with Crippen LogP contribution in [0.4, 0.5) is 11.5 Å². The highest BCUT2D eigenvalue weighted by molar-refractivity contribution is 5.66. The van der Waals surface area contributed by atoms with Crippen molar-refractivity contribution in [2.45, 2.75) is 13.5 Å². The predicted octanol–water partition coefficient (Wildman–Crippen LogP) is 1.38. The summed E-state index contributed by atoms with van der Waals surface area (Å²) in [7, 11) is 1.52. The molecule has 18 heavy (non-hydrogen) atoms. The van der Waals surface area contributed by atoms with E-state index < -0.39 is 0 Å². The minimum Gasteiger partial charge on any atom is -0.479 e. The van der Waals surface area contributed by atoms with Crippen LogP contribution in [-0.2, 0) is 6.54 Å². The molecule has 0 aliphatic rings. The molecule has 0 radical (unpaired) electrons. The molecule has 3 N–H and O–H groups in total. The van der Waals surface area contributed by atoms with Gasteiger partial charge in [-0.05, 0) is 24.1 Å². The van der Waals surface area contributed by atoms with Crippen molar-refractivity contribution in [2.75, 3.05) is 18.2 Å². The Morgan fingerprint density at radius 1 is 1.39 bits per heavy atom. The minimum absolute atomic E-state index is 0.374. The summed E-state index contributed by atoms with van der Waals surface area (Å²) in [5.74, 6) is 0.942. The molecule has 0 aromatic carbocycles. The Morgan fingerprint density at radius 3 is 2.94 bits per heavy atom. The van der Waals surface area contributed by atoms with Crippen molar-refractivity contribution < 1.29 is 4.74 Å². The number of nitrogens with zero attached hydrogens (tertiary/aromatic N) is 3. The summed E-state index contributed by atoms with van der Waals surface area (Å²) in [6, 6.07) is 1.96. The van der Waals surface area contributed by atoms with Gasteiger partial charge in [-0.25, -0.2) is 4.98 Å². The molecule has 0 saturated heterocycles. The Kier molecular flexibility index (Phi) is 3.57. The van der Waals surface area contributed by atoms with Crippen LogP contribution in [0.3, 0.4) is 0 Å². The zero-order valence-electron chi connectivity index (χ0n) is 10.3. The van der Waals surface area contributed by atoms with Crippen LogP contribution in [0.15, 0.2) is 24.8 Å². The number of hydrogen-bond donors (Lipinski definition) is 2. The molecule has 0 atom stereocenters. The summed E-state index contributed by atoms with van der Waals surface area (Å²) in [5, 5.41) is 3.16. The van der Waals surface area contributed by atoms with Gasteiger partial charge in [-0.15, -0.1) is 0 Å². The van der Waals surface area contributed by atoms with E-state index in [0.29, 0.717) is 23.9 Å². The normalized spacial score (nSPS) is 10.1. The number of hydrogen-bond acceptors (Lipinski definition) is 6. The Morgan fingerprint density at radius 2 is 2.22 bits per heavy atom. The van der Waals surface area contributed by atoms with Crippen LogP contribution in [-0.4, -0.2) is 22.1 Å². The fourth-order valence-electron chi connectivity index (χ4n) is 1.56. The van der Waals surface area contributed by atoms with E-state index in [1.165, 1.54) is 13.4 Å². The maximum atomic E-state index is 5.87. The summed E-state index contributed by atoms with van der Waals surface area (Å²) in [4.78, 5) is 12.1. The summed E-state index contributed by atoms with van der Waals surface area (Å²) in [6.45, 7) is 2.63. The quantitative estimate of drug-likeness (QED) is 0.846. The summed E-state index contributed by atoms with van der Waals surface area (Å²) in [6.07, 6.45) is 4.99. The average molecular weight is 245 g/mol. The molecule has 0 amide bonds. The topological polar surface area (TPSA) is 86.0 Å². The fraction of sp³-hybridized carbons (Fsp3) is 0.250. The lowest BCUT2D eigenvalue weighted by atomic mass is 10.1. The zero-order valence-corrected chi connectivity index (χ0v) is 10.3. The number of anilines is 2. The SMILES string of the molecule is COc1ncnc(NCc2ccncc2C)c1N. The number of aryl methyl sites for hydroxylation is 1. The molecular weight excluding hydrogens is 230 g/mol. The lowest BCUT2D eigenvalue weighted by Gasteiger charge is -2.11. The molecule has 2 rings (SSSR count). The maximum absolute atomic E-state index is 5.87. The molecule has 0 unspecified atom stereocenters. The van der Waals surface area contributed by atoms with E-state index in [2.05, 4.69) is 20.3 Å². The van der Waals surface area contributed by atoms with Crippen LogP contribution in [0.25, 0.3) is 0 Å². The van der Waals surface area contributed by atoms with Crippen LogP contribution in [0.2, 0.25) is 0 Å². The molecule has 2 aromatic rings. The average Bonchev–Trinajstić information content (AvgIpc) is 2.39. The third-order valence-corrected chi connectivity index (χ3v) is 2.62. The monoisotopic (exact) mass is 245 g/mol. The second-order valence-corrected chi connectivity index (χ2v) is 3.80. The molecule has 2 heterocycles. The molecule has 2 aromatic heterocycles. The Hall–Kier alpha value is -2.37. The van der Waals surface area contributed by atoms with Crippen molar-refractivity contribution >= 4 is 11.5 Å². The number of nitrogens with one attached hydrogen (secondary N) is 1. The molecular formula is C12H15N5O. The highest BCUT2D eigenvalue weighted by atomic mass is 16.5. The number of pyridine rings is 1. The summed E-state index contributed by atoms with van der Waals surface area (Å²) in [5.41, 5.74) is 8.54. The maximum Gasteiger partial charge on any atom is 0.242 e. The molecule has 0 spiro atoms. The van der Waals surface area contributed by atoms with E-state index in [-0.39, 0.29) is 0 Å². The zero-order chi connectivity index (χ0) is 13.0. The Labute approximate surface area is 105 Å². The lowest BCUT2D eigenvalue weighted by molar-refractivity contribution is 0.399. The molecule has 94 valence electrons. The lowest BCUT2D eigenvalue weighted by Crippen LogP contribution is -2.07. The number of nitrogen functional groups attached to an aromatic ring is 1. The molecule has 6 nitrogen and oxygen atoms in total. The second kappa shape index (κ2) is 5.31. The van der Waals surface area contributed by atoms with E-state index in [0.717, 1.165) is 11.1 Å². The molecule has 0 fully saturated rings. The second-order valence-electron chi connectivity index (χ2n) is 3.80. The summed E-state index contributed by atoms with van der Waals surface area (Å²) >= 11 is 0. The van der Waals surface area contributed by atoms with Crippen molar-refractivity contribution in [1.29, 1.82) is 0 Å². The number of nitrogens with two attached hydrogens (primary N) is 1. The van der Waals surface area contributed by atoms with E-state index in [1.807, 2.05) is 19.2 Å². The number of rotatable bonds is 4. The van der Waals surface area contributed by atoms with Crippen molar-refractivity contribution in [3.63, 3.8) is 0 Å². The van der Waals surface area contributed by atoms with Crippen LogP contribution in [0.5, 0.6) is 5.88 Å². The first-order chi connectivity index (χ1) is 8.72. The van der Waals surface area contributed by atoms with Gasteiger partial charge in [-0.2, -0.15) is 4.98 Å². The Balaban J connectivity index is 2.14. The van der Waals surface area contributed by atoms with E-state index in [4.69, 9.17) is 10.5 Å². The third kappa shape index (κ3) is 2.48. The molecule has 0 aliphatic carbocycles. The van der Waals surface area contributed by atoms with Gasteiger partial charge in [0.25, 0.3) is 0 Å². The molecule has 0 aliphatic heterocycles. The highest BCUT2D eigenvalue weighted by Gasteiger charge is 2.08. The largest absolute Gasteiger partial charge is 0.479 e. The van der Waals surface area contributed by atoms with Gasteiger partial charge >= 0.3 is 0 Å². The van der Waals surface area contributed by atoms with Crippen molar-refractivity contribution in [1.82, 2.24) is 15.0 Å². The van der Waals surface area contributed by atoms with Gasteiger partial charge in [0.05, 0.1) is 7.11 Å². The van der Waals surface area contributed by atoms with Gasteiger partial charge in [0, 0.05) is 18.9 Å². The first-order valence-electron chi connectivity index (χ1n) is 5.50. The Bertz CT molecular complexity index is 544. The van der Waals surface area contributed by atoms with Gasteiger partial charge in [-0.1, -0.05) is 0 Å². The van der Waals surface area contributed by atoms with Gasteiger partial charge < -0.3 is 15.8 Å². The van der Waals surface area contributed by atoms with Crippen LogP contribution >= 0.6 is 0 Å². The number of ether oxygens (including phenoxy) is 1. The van der Waals surface area contributed by atoms with Gasteiger partial charge in [0.15, 0.2) is 5.82 Å². The number of methoxy groups -OCH3 is 1. The van der Waals surface area contributed by atoms with Gasteiger partial charge in [0.1, 0.15) is 12.0 Å². The molecule has 0 bridgehead atoms. The van der Waals surface area contributed by atoms with Crippen molar-refractivity contribution in [2.24, 2.45) is 0 Å². The molecule has 0 saturated carbocycles. The van der Waals surface area contributed by atoms with Crippen LogP contribution < -0.4 is 15.8 Å². The third-order valence-electron chi connectivity index (χ3n) is 2.62. The number of aromatic nitrogens is 3. The minimum atomic E-state index is 0.374. The first kappa shape index (κ1) is 12.1. The fourth-order valence-corrected chi connectivity index (χ4v) is 1.56. The van der Waals surface area contributed by atoms with Gasteiger partial charge in [-0.3, -0.25) is 4.98 Å².